The molecule has 5 nitrogen and oxygen atoms in total. The molecule has 0 amide bonds. The molecule has 0 aliphatic carbocycles. The van der Waals surface area contributed by atoms with Crippen LogP contribution in [0.2, 0.25) is 0 Å². The summed E-state index contributed by atoms with van der Waals surface area (Å²) in [6.45, 7) is 3.57. The van der Waals surface area contributed by atoms with Crippen molar-refractivity contribution in [3.05, 3.63) is 29.3 Å². The molecule has 0 radical (unpaired) electrons. The second kappa shape index (κ2) is 7.35. The molecule has 2 rings (SSSR count). The quantitative estimate of drug-likeness (QED) is 0.836. The van der Waals surface area contributed by atoms with Gasteiger partial charge in [0.2, 0.25) is 10.0 Å². The lowest BCUT2D eigenvalue weighted by Crippen LogP contribution is -2.35. The number of ether oxygens (including phenoxy) is 1. The Morgan fingerprint density at radius 1 is 1.33 bits per heavy atom. The van der Waals surface area contributed by atoms with Crippen LogP contribution in [0.1, 0.15) is 30.4 Å². The molecule has 2 N–H and O–H groups in total. The van der Waals surface area contributed by atoms with E-state index in [2.05, 4.69) is 10.0 Å². The minimum atomic E-state index is -3.49. The maximum Gasteiger partial charge on any atom is 0.240 e. The average molecular weight is 312 g/mol. The molecule has 1 aliphatic rings. The molecule has 0 bridgehead atoms. The predicted octanol–water partition coefficient (Wildman–Crippen LogP) is 1.56. The highest BCUT2D eigenvalue weighted by molar-refractivity contribution is 7.89. The molecule has 0 spiro atoms. The highest BCUT2D eigenvalue weighted by atomic mass is 32.2. The Kier molecular flexibility index (Phi) is 5.75. The molecule has 1 atom stereocenters. The summed E-state index contributed by atoms with van der Waals surface area (Å²) in [7, 11) is -1.64. The first-order valence-electron chi connectivity index (χ1n) is 7.39. The van der Waals surface area contributed by atoms with Gasteiger partial charge in [0.05, 0.1) is 11.0 Å². The Balaban J connectivity index is 2.09. The molecular formula is C15H24N2O3S. The summed E-state index contributed by atoms with van der Waals surface area (Å²) in [6.07, 6.45) is 3.08. The summed E-state index contributed by atoms with van der Waals surface area (Å²) >= 11 is 0. The van der Waals surface area contributed by atoms with Crippen LogP contribution in [-0.2, 0) is 21.3 Å². The van der Waals surface area contributed by atoms with E-state index < -0.39 is 10.0 Å². The van der Waals surface area contributed by atoms with Crippen LogP contribution in [0, 0.1) is 6.92 Å². The monoisotopic (exact) mass is 312 g/mol. The molecule has 1 heterocycles. The van der Waals surface area contributed by atoms with Crippen LogP contribution >= 0.6 is 0 Å². The van der Waals surface area contributed by atoms with Gasteiger partial charge >= 0.3 is 0 Å². The Morgan fingerprint density at radius 3 is 2.81 bits per heavy atom. The molecule has 1 aromatic carbocycles. The van der Waals surface area contributed by atoms with Crippen molar-refractivity contribution in [2.24, 2.45) is 0 Å². The molecule has 1 fully saturated rings. The summed E-state index contributed by atoms with van der Waals surface area (Å²) in [4.78, 5) is 0.353. The Bertz CT molecular complexity index is 566. The van der Waals surface area contributed by atoms with Gasteiger partial charge in [0, 0.05) is 19.7 Å². The van der Waals surface area contributed by atoms with Gasteiger partial charge in [-0.2, -0.15) is 0 Å². The predicted molar refractivity (Wildman–Crippen MR) is 82.7 cm³/mol. The van der Waals surface area contributed by atoms with Gasteiger partial charge in [0.25, 0.3) is 0 Å². The van der Waals surface area contributed by atoms with E-state index in [1.165, 1.54) is 0 Å². The fraction of sp³-hybridized carbons (Fsp3) is 0.600. The standard InChI is InChI=1S/C15H24N2O3S/c1-12-13(10-16-2)6-5-8-15(12)21(18,19)17-11-14-7-3-4-9-20-14/h5-6,8,14,16-17H,3-4,7,9-11H2,1-2H3. The van der Waals surface area contributed by atoms with E-state index in [1.54, 1.807) is 12.1 Å². The highest BCUT2D eigenvalue weighted by Crippen LogP contribution is 2.19. The number of benzene rings is 1. The molecule has 0 aromatic heterocycles. The van der Waals surface area contributed by atoms with Gasteiger partial charge in [-0.05, 0) is 50.4 Å². The first-order chi connectivity index (χ1) is 10.0. The third-order valence-electron chi connectivity index (χ3n) is 3.83. The molecule has 118 valence electrons. The molecule has 21 heavy (non-hydrogen) atoms. The van der Waals surface area contributed by atoms with Crippen LogP contribution in [0.15, 0.2) is 23.1 Å². The van der Waals surface area contributed by atoms with Gasteiger partial charge in [-0.3, -0.25) is 0 Å². The van der Waals surface area contributed by atoms with Gasteiger partial charge in [-0.1, -0.05) is 12.1 Å². The molecular weight excluding hydrogens is 288 g/mol. The van der Waals surface area contributed by atoms with Crippen molar-refractivity contribution in [2.75, 3.05) is 20.2 Å². The number of rotatable bonds is 6. The third kappa shape index (κ3) is 4.26. The van der Waals surface area contributed by atoms with E-state index in [0.29, 0.717) is 18.0 Å². The van der Waals surface area contributed by atoms with Crippen molar-refractivity contribution >= 4 is 10.0 Å². The van der Waals surface area contributed by atoms with Crippen molar-refractivity contribution in [2.45, 2.75) is 43.7 Å². The minimum Gasteiger partial charge on any atom is -0.377 e. The molecule has 0 saturated carbocycles. The Hall–Kier alpha value is -0.950. The zero-order valence-electron chi connectivity index (χ0n) is 12.7. The van der Waals surface area contributed by atoms with Gasteiger partial charge < -0.3 is 10.1 Å². The second-order valence-corrected chi connectivity index (χ2v) is 7.15. The van der Waals surface area contributed by atoms with E-state index in [-0.39, 0.29) is 6.10 Å². The smallest absolute Gasteiger partial charge is 0.240 e. The van der Waals surface area contributed by atoms with Gasteiger partial charge in [-0.25, -0.2) is 13.1 Å². The fourth-order valence-electron chi connectivity index (χ4n) is 2.58. The van der Waals surface area contributed by atoms with Crippen LogP contribution in [0.5, 0.6) is 0 Å². The lowest BCUT2D eigenvalue weighted by molar-refractivity contribution is 0.0200. The third-order valence-corrected chi connectivity index (χ3v) is 5.40. The maximum atomic E-state index is 12.5. The number of sulfonamides is 1. The lowest BCUT2D eigenvalue weighted by Gasteiger charge is -2.23. The van der Waals surface area contributed by atoms with Crippen LogP contribution in [0.25, 0.3) is 0 Å². The Labute approximate surface area is 127 Å². The molecule has 1 unspecified atom stereocenters. The molecule has 1 aliphatic heterocycles. The molecule has 6 heteroatoms. The van der Waals surface area contributed by atoms with Gasteiger partial charge in [0.15, 0.2) is 0 Å². The number of hydrogen-bond donors (Lipinski definition) is 2. The van der Waals surface area contributed by atoms with Crippen LogP contribution in [0.3, 0.4) is 0 Å². The highest BCUT2D eigenvalue weighted by Gasteiger charge is 2.21. The average Bonchev–Trinajstić information content (AvgIpc) is 2.48. The van der Waals surface area contributed by atoms with Crippen LogP contribution < -0.4 is 10.0 Å². The number of hydrogen-bond acceptors (Lipinski definition) is 4. The van der Waals surface area contributed by atoms with Crippen LogP contribution in [-0.4, -0.2) is 34.7 Å². The fourth-order valence-corrected chi connectivity index (χ4v) is 3.93. The summed E-state index contributed by atoms with van der Waals surface area (Å²) in [5, 5.41) is 3.05. The summed E-state index contributed by atoms with van der Waals surface area (Å²) in [5.74, 6) is 0. The van der Waals surface area contributed by atoms with E-state index in [9.17, 15) is 8.42 Å². The van der Waals surface area contributed by atoms with Crippen molar-refractivity contribution in [1.29, 1.82) is 0 Å². The lowest BCUT2D eigenvalue weighted by atomic mass is 10.1. The van der Waals surface area contributed by atoms with E-state index in [0.717, 1.165) is 37.0 Å². The summed E-state index contributed by atoms with van der Waals surface area (Å²) in [6, 6.07) is 5.37. The summed E-state index contributed by atoms with van der Waals surface area (Å²) in [5.41, 5.74) is 1.79. The van der Waals surface area contributed by atoms with Crippen molar-refractivity contribution in [1.82, 2.24) is 10.0 Å². The minimum absolute atomic E-state index is 0.00526. The second-order valence-electron chi connectivity index (χ2n) is 5.41. The van der Waals surface area contributed by atoms with Gasteiger partial charge in [-0.15, -0.1) is 0 Å². The maximum absolute atomic E-state index is 12.5. The first kappa shape index (κ1) is 16.4. The van der Waals surface area contributed by atoms with E-state index >= 15 is 0 Å². The number of nitrogens with one attached hydrogen (secondary N) is 2. The summed E-state index contributed by atoms with van der Waals surface area (Å²) < 4.78 is 33.2. The van der Waals surface area contributed by atoms with Crippen molar-refractivity contribution in [3.8, 4) is 0 Å². The Morgan fingerprint density at radius 2 is 2.14 bits per heavy atom. The van der Waals surface area contributed by atoms with Gasteiger partial charge in [0.1, 0.15) is 0 Å². The van der Waals surface area contributed by atoms with Crippen molar-refractivity contribution < 1.29 is 13.2 Å². The van der Waals surface area contributed by atoms with E-state index in [1.807, 2.05) is 20.0 Å². The van der Waals surface area contributed by atoms with E-state index in [4.69, 9.17) is 4.74 Å². The SMILES string of the molecule is CNCc1cccc(S(=O)(=O)NCC2CCCCO2)c1C. The first-order valence-corrected chi connectivity index (χ1v) is 8.87. The largest absolute Gasteiger partial charge is 0.377 e. The van der Waals surface area contributed by atoms with Crippen LogP contribution in [0.4, 0.5) is 0 Å². The molecule has 1 saturated heterocycles. The van der Waals surface area contributed by atoms with Crippen molar-refractivity contribution in [3.63, 3.8) is 0 Å². The zero-order chi connectivity index (χ0) is 15.3. The zero-order valence-corrected chi connectivity index (χ0v) is 13.5. The normalized spacial score (nSPS) is 19.6. The topological polar surface area (TPSA) is 67.4 Å². The molecule has 1 aromatic rings.